The van der Waals surface area contributed by atoms with Gasteiger partial charge in [0.1, 0.15) is 6.04 Å². The van der Waals surface area contributed by atoms with E-state index >= 15 is 0 Å². The monoisotopic (exact) mass is 449 g/mol. The van der Waals surface area contributed by atoms with Gasteiger partial charge in [0.15, 0.2) is 17.3 Å². The second-order valence-electron chi connectivity index (χ2n) is 7.58. The molecule has 1 aromatic rings. The maximum atomic E-state index is 12.7. The molecule has 0 radical (unpaired) electrons. The highest BCUT2D eigenvalue weighted by Gasteiger charge is 2.43. The molecule has 0 aromatic heterocycles. The molecule has 9 heteroatoms. The fourth-order valence-corrected chi connectivity index (χ4v) is 4.04. The normalized spacial score (nSPS) is 18.2. The predicted octanol–water partition coefficient (Wildman–Crippen LogP) is 2.12. The Kier molecular flexibility index (Phi) is 7.98. The molecule has 2 aliphatic rings. The third-order valence-corrected chi connectivity index (χ3v) is 5.62. The zero-order valence-electron chi connectivity index (χ0n) is 19.0. The molecule has 1 spiro atoms. The van der Waals surface area contributed by atoms with Crippen LogP contribution >= 0.6 is 0 Å². The number of allylic oxidation sites excluding steroid dienone is 1. The minimum atomic E-state index is -0.808. The van der Waals surface area contributed by atoms with Gasteiger partial charge in [-0.05, 0) is 31.0 Å². The van der Waals surface area contributed by atoms with Gasteiger partial charge in [-0.3, -0.25) is 0 Å². The molecule has 1 fully saturated rings. The van der Waals surface area contributed by atoms with Crippen molar-refractivity contribution in [2.45, 2.75) is 44.4 Å². The number of carbonyl (C=O) groups excluding carboxylic acids is 2. The molecule has 1 aromatic carbocycles. The average Bonchev–Trinajstić information content (AvgIpc) is 3.27. The number of ether oxygens (including phenoxy) is 6. The summed E-state index contributed by atoms with van der Waals surface area (Å²) in [6.45, 7) is 2.98. The Morgan fingerprint density at radius 1 is 1.12 bits per heavy atom. The number of benzene rings is 1. The summed E-state index contributed by atoms with van der Waals surface area (Å²) < 4.78 is 32.5. The van der Waals surface area contributed by atoms with Crippen molar-refractivity contribution in [3.63, 3.8) is 0 Å². The first-order valence-electron chi connectivity index (χ1n) is 10.7. The molecule has 0 amide bonds. The van der Waals surface area contributed by atoms with E-state index < -0.39 is 23.8 Å². The zero-order valence-corrected chi connectivity index (χ0v) is 19.0. The summed E-state index contributed by atoms with van der Waals surface area (Å²) in [6.07, 6.45) is 1.64. The number of esters is 2. The summed E-state index contributed by atoms with van der Waals surface area (Å²) in [6, 6.07) is 4.74. The van der Waals surface area contributed by atoms with Crippen LogP contribution in [0.5, 0.6) is 11.5 Å². The number of carbonyl (C=O) groups is 2. The molecule has 1 heterocycles. The van der Waals surface area contributed by atoms with Gasteiger partial charge in [-0.25, -0.2) is 9.59 Å². The lowest BCUT2D eigenvalue weighted by atomic mass is 9.90. The molecule has 32 heavy (non-hydrogen) atoms. The van der Waals surface area contributed by atoms with Gasteiger partial charge in [-0.15, -0.1) is 0 Å². The number of rotatable bonds is 9. The standard InChI is InChI=1S/C23H31NO8/c1-5-30-21(25)16-14-23(31-10-11-32-23)9-8-17(16)24-18(22(26)29-4)12-15-6-7-19(27-2)20(13-15)28-3/h6-7,13,18,24H,5,8-12,14H2,1-4H3/t18-/m0/s1. The van der Waals surface area contributed by atoms with E-state index in [9.17, 15) is 9.59 Å². The maximum absolute atomic E-state index is 12.7. The first kappa shape index (κ1) is 23.9. The predicted molar refractivity (Wildman–Crippen MR) is 114 cm³/mol. The minimum absolute atomic E-state index is 0.246. The van der Waals surface area contributed by atoms with Gasteiger partial charge in [0.05, 0.1) is 46.7 Å². The first-order chi connectivity index (χ1) is 15.4. The maximum Gasteiger partial charge on any atom is 0.335 e. The quantitative estimate of drug-likeness (QED) is 0.568. The molecule has 0 unspecified atom stereocenters. The van der Waals surface area contributed by atoms with Gasteiger partial charge in [0.25, 0.3) is 0 Å². The molecule has 176 valence electrons. The van der Waals surface area contributed by atoms with Crippen molar-refractivity contribution >= 4 is 11.9 Å². The summed E-state index contributed by atoms with van der Waals surface area (Å²) in [5.74, 6) is -0.528. The fraction of sp³-hybridized carbons (Fsp3) is 0.565. The highest BCUT2D eigenvalue weighted by molar-refractivity contribution is 5.90. The Labute approximate surface area is 187 Å². The lowest BCUT2D eigenvalue weighted by Gasteiger charge is -2.34. The van der Waals surface area contributed by atoms with E-state index in [4.69, 9.17) is 28.4 Å². The third kappa shape index (κ3) is 5.34. The zero-order chi connectivity index (χ0) is 23.1. The van der Waals surface area contributed by atoms with E-state index in [1.807, 2.05) is 12.1 Å². The molecular formula is C23H31NO8. The fourth-order valence-electron chi connectivity index (χ4n) is 4.04. The van der Waals surface area contributed by atoms with Crippen molar-refractivity contribution in [3.05, 3.63) is 35.0 Å². The van der Waals surface area contributed by atoms with Crippen LogP contribution in [0, 0.1) is 0 Å². The molecule has 9 nitrogen and oxygen atoms in total. The van der Waals surface area contributed by atoms with E-state index in [0.717, 1.165) is 5.56 Å². The highest BCUT2D eigenvalue weighted by atomic mass is 16.7. The van der Waals surface area contributed by atoms with Crippen LogP contribution in [-0.2, 0) is 35.0 Å². The van der Waals surface area contributed by atoms with E-state index in [0.29, 0.717) is 55.2 Å². The van der Waals surface area contributed by atoms with Gasteiger partial charge in [0, 0.05) is 25.0 Å². The SMILES string of the molecule is CCOC(=O)C1=C(N[C@@H](Cc2ccc(OC)c(OC)c2)C(=O)OC)CCC2(C1)OCCO2. The Bertz CT molecular complexity index is 860. The van der Waals surface area contributed by atoms with Crippen molar-refractivity contribution in [2.75, 3.05) is 41.2 Å². The van der Waals surface area contributed by atoms with Crippen LogP contribution in [0.1, 0.15) is 31.7 Å². The highest BCUT2D eigenvalue weighted by Crippen LogP contribution is 2.39. The molecule has 3 rings (SSSR count). The molecular weight excluding hydrogens is 418 g/mol. The van der Waals surface area contributed by atoms with Gasteiger partial charge in [-0.1, -0.05) is 6.07 Å². The summed E-state index contributed by atoms with van der Waals surface area (Å²) >= 11 is 0. The van der Waals surface area contributed by atoms with E-state index in [-0.39, 0.29) is 13.0 Å². The lowest BCUT2D eigenvalue weighted by Crippen LogP contribution is -2.44. The van der Waals surface area contributed by atoms with Crippen LogP contribution in [0.4, 0.5) is 0 Å². The molecule has 0 bridgehead atoms. The lowest BCUT2D eigenvalue weighted by molar-refractivity contribution is -0.169. The van der Waals surface area contributed by atoms with Gasteiger partial charge >= 0.3 is 11.9 Å². The van der Waals surface area contributed by atoms with Crippen molar-refractivity contribution in [2.24, 2.45) is 0 Å². The van der Waals surface area contributed by atoms with Crippen LogP contribution < -0.4 is 14.8 Å². The van der Waals surface area contributed by atoms with Crippen molar-refractivity contribution in [1.82, 2.24) is 5.32 Å². The van der Waals surface area contributed by atoms with E-state index in [1.54, 1.807) is 27.2 Å². The summed E-state index contributed by atoms with van der Waals surface area (Å²) in [4.78, 5) is 25.3. The Morgan fingerprint density at radius 3 is 2.47 bits per heavy atom. The molecule has 0 saturated carbocycles. The number of nitrogens with one attached hydrogen (secondary N) is 1. The minimum Gasteiger partial charge on any atom is -0.493 e. The largest absolute Gasteiger partial charge is 0.493 e. The molecule has 1 aliphatic heterocycles. The van der Waals surface area contributed by atoms with Crippen LogP contribution in [-0.4, -0.2) is 64.9 Å². The van der Waals surface area contributed by atoms with Gasteiger partial charge in [0.2, 0.25) is 0 Å². The topological polar surface area (TPSA) is 102 Å². The Morgan fingerprint density at radius 2 is 1.84 bits per heavy atom. The van der Waals surface area contributed by atoms with Crippen LogP contribution in [0.15, 0.2) is 29.5 Å². The summed E-state index contributed by atoms with van der Waals surface area (Å²) in [5.41, 5.74) is 1.92. The van der Waals surface area contributed by atoms with Crippen molar-refractivity contribution in [1.29, 1.82) is 0 Å². The summed E-state index contributed by atoms with van der Waals surface area (Å²) in [7, 11) is 4.45. The average molecular weight is 450 g/mol. The van der Waals surface area contributed by atoms with Crippen LogP contribution in [0.3, 0.4) is 0 Å². The summed E-state index contributed by atoms with van der Waals surface area (Å²) in [5, 5.41) is 3.24. The van der Waals surface area contributed by atoms with Crippen molar-refractivity contribution < 1.29 is 38.0 Å². The first-order valence-corrected chi connectivity index (χ1v) is 10.7. The molecule has 1 aliphatic carbocycles. The Hall–Kier alpha value is -2.78. The molecule has 1 atom stereocenters. The van der Waals surface area contributed by atoms with Crippen LogP contribution in [0.25, 0.3) is 0 Å². The molecule has 1 N–H and O–H groups in total. The third-order valence-electron chi connectivity index (χ3n) is 5.62. The van der Waals surface area contributed by atoms with Gasteiger partial charge < -0.3 is 33.7 Å². The van der Waals surface area contributed by atoms with E-state index in [1.165, 1.54) is 7.11 Å². The van der Waals surface area contributed by atoms with E-state index in [2.05, 4.69) is 5.32 Å². The van der Waals surface area contributed by atoms with Gasteiger partial charge in [-0.2, -0.15) is 0 Å². The molecule has 1 saturated heterocycles. The number of methoxy groups -OCH3 is 3. The Balaban J connectivity index is 1.87. The van der Waals surface area contributed by atoms with Crippen LogP contribution in [0.2, 0.25) is 0 Å². The second kappa shape index (κ2) is 10.7. The number of hydrogen-bond acceptors (Lipinski definition) is 9. The van der Waals surface area contributed by atoms with Crippen molar-refractivity contribution in [3.8, 4) is 11.5 Å². The number of hydrogen-bond donors (Lipinski definition) is 1. The second-order valence-corrected chi connectivity index (χ2v) is 7.58. The smallest absolute Gasteiger partial charge is 0.335 e.